The van der Waals surface area contributed by atoms with Crippen molar-refractivity contribution in [2.45, 2.75) is 52.1 Å². The zero-order valence-corrected chi connectivity index (χ0v) is 30.6. The molecular formula is C28H42Cl2N2Si3Zr-4. The number of hydrogen-bond donors (Lipinski definition) is 0. The average Bonchev–Trinajstić information content (AvgIpc) is 3.47. The van der Waals surface area contributed by atoms with Crippen LogP contribution in [0.3, 0.4) is 0 Å². The van der Waals surface area contributed by atoms with E-state index in [1.807, 2.05) is 31.7 Å². The molecule has 0 aromatic carbocycles. The van der Waals surface area contributed by atoms with Crippen molar-refractivity contribution in [3.8, 4) is 0 Å². The summed E-state index contributed by atoms with van der Waals surface area (Å²) in [7, 11) is -2.46. The van der Waals surface area contributed by atoms with Crippen molar-refractivity contribution in [2.75, 3.05) is 0 Å². The molecule has 2 aliphatic carbocycles. The van der Waals surface area contributed by atoms with Gasteiger partial charge >= 0.3 is 30.2 Å². The molecule has 0 atom stereocenters. The Morgan fingerprint density at radius 3 is 1.17 bits per heavy atom. The normalized spacial score (nSPS) is 13.6. The van der Waals surface area contributed by atoms with Gasteiger partial charge in [0.1, 0.15) is 0 Å². The van der Waals surface area contributed by atoms with Gasteiger partial charge in [0.2, 0.25) is 0 Å². The first-order chi connectivity index (χ1) is 15.2. The van der Waals surface area contributed by atoms with E-state index in [0.29, 0.717) is 0 Å². The number of nitrogens with zero attached hydrogens (tertiary/aromatic N) is 2. The van der Waals surface area contributed by atoms with E-state index < -0.39 is 16.1 Å². The molecule has 0 saturated heterocycles. The molecule has 36 heavy (non-hydrogen) atoms. The van der Waals surface area contributed by atoms with Crippen LogP contribution in [0.5, 0.6) is 0 Å². The zero-order chi connectivity index (χ0) is 23.8. The van der Waals surface area contributed by atoms with Crippen LogP contribution in [-0.2, 0) is 23.3 Å². The van der Waals surface area contributed by atoms with Gasteiger partial charge in [-0.1, -0.05) is 76.4 Å². The van der Waals surface area contributed by atoms with E-state index in [1.54, 1.807) is 23.3 Å². The van der Waals surface area contributed by atoms with Gasteiger partial charge in [-0.05, 0) is 0 Å². The molecule has 2 heterocycles. The van der Waals surface area contributed by atoms with Crippen LogP contribution in [0.4, 0.5) is 0 Å². The van der Waals surface area contributed by atoms with Gasteiger partial charge in [0.25, 0.3) is 0 Å². The van der Waals surface area contributed by atoms with Crippen LogP contribution in [0, 0.1) is 27.0 Å². The Morgan fingerprint density at radius 2 is 0.917 bits per heavy atom. The molecule has 0 radical (unpaired) electrons. The standard InChI is InChI=1S/2C13H16NSi.2CH3.2ClH.H2Si.Zr/c2*1-15(2,3)13-6-4-5-12(13)11-7-9-14-10-8-11;;;;;;/h2*6-10H,4H2,1-3H3;2*1H3;2*1H;1H2;/q4*-1;;;;. The average molecular weight is 653 g/mol. The predicted octanol–water partition coefficient (Wildman–Crippen LogP) is 7.78. The van der Waals surface area contributed by atoms with Gasteiger partial charge in [-0.2, -0.15) is 33.7 Å². The second kappa shape index (κ2) is 18.6. The molecule has 0 aliphatic heterocycles. The molecule has 2 nitrogen and oxygen atoms in total. The monoisotopic (exact) mass is 650 g/mol. The summed E-state index contributed by atoms with van der Waals surface area (Å²) in [6, 6.07) is 8.28. The summed E-state index contributed by atoms with van der Waals surface area (Å²) in [6.07, 6.45) is 20.9. The number of allylic oxidation sites excluding steroid dienone is 8. The van der Waals surface area contributed by atoms with Crippen molar-refractivity contribution in [2.24, 2.45) is 0 Å². The molecule has 0 unspecified atom stereocenters. The molecule has 0 fully saturated rings. The Morgan fingerprint density at radius 1 is 0.639 bits per heavy atom. The molecule has 8 heteroatoms. The fourth-order valence-corrected chi connectivity index (χ4v) is 7.21. The van der Waals surface area contributed by atoms with E-state index in [9.17, 15) is 0 Å². The van der Waals surface area contributed by atoms with Crippen molar-refractivity contribution in [3.05, 3.63) is 110 Å². The first kappa shape index (κ1) is 39.9. The van der Waals surface area contributed by atoms with Crippen molar-refractivity contribution >= 4 is 59.0 Å². The summed E-state index contributed by atoms with van der Waals surface area (Å²) in [5.74, 6) is 0. The van der Waals surface area contributed by atoms with Gasteiger partial charge in [0.05, 0.1) is 0 Å². The number of hydrogen-bond acceptors (Lipinski definition) is 2. The minimum absolute atomic E-state index is 0. The van der Waals surface area contributed by atoms with Gasteiger partial charge in [0.15, 0.2) is 0 Å². The van der Waals surface area contributed by atoms with E-state index in [1.165, 1.54) is 32.7 Å². The Bertz CT molecular complexity index is 941. The third kappa shape index (κ3) is 11.4. The number of aromatic nitrogens is 2. The molecule has 0 saturated carbocycles. The number of rotatable bonds is 4. The number of pyridine rings is 2. The second-order valence-electron chi connectivity index (χ2n) is 9.72. The summed E-state index contributed by atoms with van der Waals surface area (Å²) >= 11 is 1.58. The van der Waals surface area contributed by atoms with Crippen molar-refractivity contribution < 1.29 is 23.3 Å². The van der Waals surface area contributed by atoms with Crippen LogP contribution in [0.25, 0.3) is 11.1 Å². The molecule has 0 N–H and O–H groups in total. The Balaban J connectivity index is -0.000000513. The zero-order valence-electron chi connectivity index (χ0n) is 23.1. The topological polar surface area (TPSA) is 25.8 Å². The molecule has 4 rings (SSSR count). The van der Waals surface area contributed by atoms with Gasteiger partial charge in [-0.25, -0.2) is 0 Å². The SMILES string of the molecule is C[Si](C)(C)C1=CC[C-]=C1c1ccncc1.C[Si](C)(C)C1=CC[C-]=C1c1ccncc1.Cl.Cl.[CH3-].[CH3-].[SiH2]=[Zr]. The summed E-state index contributed by atoms with van der Waals surface area (Å²) in [6.45, 7) is 16.2. The summed E-state index contributed by atoms with van der Waals surface area (Å²) in [5, 5.41) is 3.07. The van der Waals surface area contributed by atoms with E-state index in [4.69, 9.17) is 0 Å². The molecule has 0 amide bonds. The first-order valence-electron chi connectivity index (χ1n) is 11.0. The third-order valence-corrected chi connectivity index (χ3v) is 9.40. The summed E-state index contributed by atoms with van der Waals surface area (Å²) < 4.78 is 0. The molecule has 2 aromatic heterocycles. The first-order valence-corrected chi connectivity index (χ1v) is 23.9. The predicted molar refractivity (Wildman–Crippen MR) is 170 cm³/mol. The quantitative estimate of drug-likeness (QED) is 0.249. The van der Waals surface area contributed by atoms with Gasteiger partial charge in [-0.3, -0.25) is 9.97 Å². The van der Waals surface area contributed by atoms with Gasteiger partial charge in [-0.15, -0.1) is 48.1 Å². The van der Waals surface area contributed by atoms with E-state index in [0.717, 1.165) is 12.8 Å². The fraction of sp³-hybridized carbons (Fsp3) is 0.286. The van der Waals surface area contributed by atoms with E-state index in [2.05, 4.69) is 97.8 Å². The van der Waals surface area contributed by atoms with Crippen molar-refractivity contribution in [1.29, 1.82) is 0 Å². The maximum absolute atomic E-state index is 4.05. The van der Waals surface area contributed by atoms with Crippen molar-refractivity contribution in [3.63, 3.8) is 0 Å². The van der Waals surface area contributed by atoms with Crippen LogP contribution in [-0.4, -0.2) is 33.0 Å². The summed E-state index contributed by atoms with van der Waals surface area (Å²) in [5.41, 5.74) is 5.15. The Labute approximate surface area is 252 Å². The third-order valence-electron chi connectivity index (χ3n) is 5.26. The molecule has 0 spiro atoms. The number of halogens is 2. The summed E-state index contributed by atoms with van der Waals surface area (Å²) in [4.78, 5) is 8.11. The van der Waals surface area contributed by atoms with Crippen LogP contribution in [0.1, 0.15) is 24.0 Å². The van der Waals surface area contributed by atoms with Crippen LogP contribution < -0.4 is 0 Å². The van der Waals surface area contributed by atoms with Gasteiger partial charge in [0, 0.05) is 40.9 Å². The van der Waals surface area contributed by atoms with E-state index in [-0.39, 0.29) is 39.7 Å². The van der Waals surface area contributed by atoms with Crippen molar-refractivity contribution in [1.82, 2.24) is 9.97 Å². The Hall–Kier alpha value is -0.626. The fourth-order valence-electron chi connectivity index (χ4n) is 3.82. The Kier molecular flexibility index (Phi) is 20.6. The molecule has 2 aromatic rings. The molecule has 0 bridgehead atoms. The van der Waals surface area contributed by atoms with E-state index >= 15 is 0 Å². The minimum atomic E-state index is -1.23. The second-order valence-corrected chi connectivity index (χ2v) is 19.8. The van der Waals surface area contributed by atoms with Crippen LogP contribution >= 0.6 is 24.8 Å². The maximum atomic E-state index is 4.05. The molecule has 2 aliphatic rings. The molecule has 198 valence electrons. The molecular weight excluding hydrogens is 611 g/mol. The van der Waals surface area contributed by atoms with Crippen LogP contribution in [0.2, 0.25) is 39.3 Å². The van der Waals surface area contributed by atoms with Gasteiger partial charge < -0.3 is 14.9 Å². The van der Waals surface area contributed by atoms with Crippen LogP contribution in [0.15, 0.2) is 71.6 Å².